The van der Waals surface area contributed by atoms with Crippen LogP contribution in [-0.2, 0) is 0 Å². The molecule has 144 valence electrons. The Morgan fingerprint density at radius 2 is 1.72 bits per heavy atom. The Labute approximate surface area is 177 Å². The molecular formula is C22H16Cl2N4O. The van der Waals surface area contributed by atoms with Crippen molar-refractivity contribution in [2.45, 2.75) is 6.92 Å². The summed E-state index contributed by atoms with van der Waals surface area (Å²) < 4.78 is 1.50. The van der Waals surface area contributed by atoms with Crippen LogP contribution >= 0.6 is 23.2 Å². The number of nitrogens with one attached hydrogen (secondary N) is 1. The maximum Gasteiger partial charge on any atom is 0.268 e. The SMILES string of the molecule is Cc1cccn2c(=O)c(C=Nc3ccccc3Cl)c(Nc3ccccc3Cl)nc12. The summed E-state index contributed by atoms with van der Waals surface area (Å²) in [7, 11) is 0. The molecule has 0 fully saturated rings. The third-order valence-electron chi connectivity index (χ3n) is 4.40. The minimum absolute atomic E-state index is 0.246. The van der Waals surface area contributed by atoms with Gasteiger partial charge in [-0.1, -0.05) is 53.5 Å². The molecule has 0 aliphatic heterocycles. The van der Waals surface area contributed by atoms with Crippen LogP contribution in [0.15, 0.2) is 76.6 Å². The van der Waals surface area contributed by atoms with E-state index < -0.39 is 0 Å². The Morgan fingerprint density at radius 3 is 2.48 bits per heavy atom. The first-order valence-electron chi connectivity index (χ1n) is 8.87. The van der Waals surface area contributed by atoms with Gasteiger partial charge in [-0.05, 0) is 42.8 Å². The van der Waals surface area contributed by atoms with Gasteiger partial charge in [0.25, 0.3) is 5.56 Å². The van der Waals surface area contributed by atoms with Crippen LogP contribution in [0.25, 0.3) is 5.65 Å². The molecule has 0 saturated heterocycles. The quantitative estimate of drug-likeness (QED) is 0.422. The van der Waals surface area contributed by atoms with Crippen LogP contribution in [0.1, 0.15) is 11.1 Å². The van der Waals surface area contributed by atoms with Crippen LogP contribution < -0.4 is 10.9 Å². The number of pyridine rings is 1. The van der Waals surface area contributed by atoms with Crippen molar-refractivity contribution in [3.63, 3.8) is 0 Å². The molecule has 0 atom stereocenters. The second-order valence-corrected chi connectivity index (χ2v) is 7.19. The van der Waals surface area contributed by atoms with Crippen molar-refractivity contribution in [1.82, 2.24) is 9.38 Å². The highest BCUT2D eigenvalue weighted by atomic mass is 35.5. The van der Waals surface area contributed by atoms with Crippen LogP contribution in [0.2, 0.25) is 10.0 Å². The molecule has 0 radical (unpaired) electrons. The Hall–Kier alpha value is -3.15. The Bertz CT molecular complexity index is 1300. The summed E-state index contributed by atoms with van der Waals surface area (Å²) in [5.41, 5.74) is 2.69. The zero-order chi connectivity index (χ0) is 20.4. The lowest BCUT2D eigenvalue weighted by Gasteiger charge is -2.12. The van der Waals surface area contributed by atoms with E-state index in [-0.39, 0.29) is 5.56 Å². The minimum atomic E-state index is -0.246. The number of fused-ring (bicyclic) bond motifs is 1. The summed E-state index contributed by atoms with van der Waals surface area (Å²) in [4.78, 5) is 22.3. The summed E-state index contributed by atoms with van der Waals surface area (Å²) in [6, 6.07) is 18.1. The molecule has 0 spiro atoms. The number of anilines is 2. The zero-order valence-corrected chi connectivity index (χ0v) is 16.9. The monoisotopic (exact) mass is 422 g/mol. The molecule has 2 heterocycles. The Morgan fingerprint density at radius 1 is 1.00 bits per heavy atom. The van der Waals surface area contributed by atoms with Crippen LogP contribution in [0.5, 0.6) is 0 Å². The second kappa shape index (κ2) is 8.07. The van der Waals surface area contributed by atoms with Gasteiger partial charge in [-0.25, -0.2) is 4.98 Å². The van der Waals surface area contributed by atoms with Gasteiger partial charge in [-0.15, -0.1) is 0 Å². The second-order valence-electron chi connectivity index (χ2n) is 6.38. The lowest BCUT2D eigenvalue weighted by molar-refractivity contribution is 1.03. The first-order chi connectivity index (χ1) is 14.0. The first kappa shape index (κ1) is 19.2. The number of aromatic nitrogens is 2. The topological polar surface area (TPSA) is 58.8 Å². The molecule has 0 aliphatic carbocycles. The number of hydrogen-bond acceptors (Lipinski definition) is 4. The summed E-state index contributed by atoms with van der Waals surface area (Å²) >= 11 is 12.5. The third-order valence-corrected chi connectivity index (χ3v) is 5.05. The van der Waals surface area contributed by atoms with Crippen molar-refractivity contribution in [2.24, 2.45) is 4.99 Å². The van der Waals surface area contributed by atoms with Gasteiger partial charge in [-0.2, -0.15) is 0 Å². The molecule has 7 heteroatoms. The molecular weight excluding hydrogens is 407 g/mol. The molecule has 0 bridgehead atoms. The molecule has 0 saturated carbocycles. The molecule has 1 N–H and O–H groups in total. The van der Waals surface area contributed by atoms with Crippen molar-refractivity contribution in [1.29, 1.82) is 0 Å². The fourth-order valence-corrected chi connectivity index (χ4v) is 3.27. The van der Waals surface area contributed by atoms with Gasteiger partial charge in [0.15, 0.2) is 0 Å². The molecule has 0 aliphatic rings. The van der Waals surface area contributed by atoms with Gasteiger partial charge >= 0.3 is 0 Å². The third kappa shape index (κ3) is 3.88. The highest BCUT2D eigenvalue weighted by molar-refractivity contribution is 6.33. The van der Waals surface area contributed by atoms with Crippen molar-refractivity contribution >= 4 is 52.3 Å². The average molecular weight is 423 g/mol. The van der Waals surface area contributed by atoms with E-state index in [1.165, 1.54) is 10.6 Å². The van der Waals surface area contributed by atoms with Crippen LogP contribution in [0.3, 0.4) is 0 Å². The fraction of sp³-hybridized carbons (Fsp3) is 0.0455. The Kier molecular flexibility index (Phi) is 5.34. The van der Waals surface area contributed by atoms with Gasteiger partial charge in [0.05, 0.1) is 21.4 Å². The average Bonchev–Trinajstić information content (AvgIpc) is 2.71. The predicted octanol–water partition coefficient (Wildman–Crippen LogP) is 5.80. The lowest BCUT2D eigenvalue weighted by atomic mass is 10.2. The molecule has 0 amide bonds. The summed E-state index contributed by atoms with van der Waals surface area (Å²) in [6.07, 6.45) is 3.16. The predicted molar refractivity (Wildman–Crippen MR) is 120 cm³/mol. The number of aliphatic imine (C=N–C) groups is 1. The highest BCUT2D eigenvalue weighted by Gasteiger charge is 2.14. The van der Waals surface area contributed by atoms with Gasteiger partial charge in [0.2, 0.25) is 0 Å². The van der Waals surface area contributed by atoms with Gasteiger partial charge < -0.3 is 5.32 Å². The number of halogens is 2. The van der Waals surface area contributed by atoms with Gasteiger partial charge in [0, 0.05) is 12.4 Å². The summed E-state index contributed by atoms with van der Waals surface area (Å²) in [6.45, 7) is 1.90. The first-order valence-corrected chi connectivity index (χ1v) is 9.62. The number of hydrogen-bond donors (Lipinski definition) is 1. The van der Waals surface area contributed by atoms with Crippen molar-refractivity contribution in [2.75, 3.05) is 5.32 Å². The number of benzene rings is 2. The minimum Gasteiger partial charge on any atom is -0.338 e. The van der Waals surface area contributed by atoms with E-state index in [1.54, 1.807) is 24.4 Å². The van der Waals surface area contributed by atoms with E-state index >= 15 is 0 Å². The zero-order valence-electron chi connectivity index (χ0n) is 15.4. The smallest absolute Gasteiger partial charge is 0.268 e. The molecule has 4 rings (SSSR count). The maximum atomic E-state index is 13.2. The number of aryl methyl sites for hydroxylation is 1. The largest absolute Gasteiger partial charge is 0.338 e. The molecule has 2 aromatic carbocycles. The molecule has 0 unspecified atom stereocenters. The number of rotatable bonds is 4. The van der Waals surface area contributed by atoms with Gasteiger partial charge in [0.1, 0.15) is 17.0 Å². The molecule has 29 heavy (non-hydrogen) atoms. The van der Waals surface area contributed by atoms with Crippen molar-refractivity contribution in [3.8, 4) is 0 Å². The van der Waals surface area contributed by atoms with Crippen molar-refractivity contribution in [3.05, 3.63) is 98.4 Å². The Balaban J connectivity index is 1.91. The number of para-hydroxylation sites is 2. The van der Waals surface area contributed by atoms with E-state index in [0.29, 0.717) is 38.4 Å². The lowest BCUT2D eigenvalue weighted by Crippen LogP contribution is -2.22. The van der Waals surface area contributed by atoms with Gasteiger partial charge in [-0.3, -0.25) is 14.2 Å². The van der Waals surface area contributed by atoms with E-state index in [1.807, 2.05) is 49.4 Å². The van der Waals surface area contributed by atoms with E-state index in [2.05, 4.69) is 15.3 Å². The fourth-order valence-electron chi connectivity index (χ4n) is 2.90. The maximum absolute atomic E-state index is 13.2. The summed E-state index contributed by atoms with van der Waals surface area (Å²) in [5, 5.41) is 4.19. The van der Waals surface area contributed by atoms with Crippen LogP contribution in [0, 0.1) is 6.92 Å². The summed E-state index contributed by atoms with van der Waals surface area (Å²) in [5.74, 6) is 0.369. The standard InChI is InChI=1S/C22H16Cl2N4O/c1-14-7-6-12-28-21(14)27-20(26-19-11-5-3-9-17(19)24)15(22(28)29)13-25-18-10-4-2-8-16(18)23/h2-13,26H,1H3. The van der Waals surface area contributed by atoms with Crippen molar-refractivity contribution < 1.29 is 0 Å². The van der Waals surface area contributed by atoms with E-state index in [9.17, 15) is 4.79 Å². The van der Waals surface area contributed by atoms with Crippen LogP contribution in [0.4, 0.5) is 17.2 Å². The molecule has 4 aromatic rings. The van der Waals surface area contributed by atoms with E-state index in [0.717, 1.165) is 5.56 Å². The normalized spacial score (nSPS) is 11.3. The highest BCUT2D eigenvalue weighted by Crippen LogP contribution is 2.26. The molecule has 5 nitrogen and oxygen atoms in total. The van der Waals surface area contributed by atoms with Crippen LogP contribution in [-0.4, -0.2) is 15.6 Å². The molecule has 2 aromatic heterocycles. The number of nitrogens with zero attached hydrogens (tertiary/aromatic N) is 3. The van der Waals surface area contributed by atoms with E-state index in [4.69, 9.17) is 23.2 Å².